The molecule has 3 N–H and O–H groups in total. The first-order chi connectivity index (χ1) is 9.41. The predicted octanol–water partition coefficient (Wildman–Crippen LogP) is 2.45. The van der Waals surface area contributed by atoms with E-state index in [1.54, 1.807) is 0 Å². The fraction of sp³-hybridized carbons (Fsp3) is 0.538. The maximum absolute atomic E-state index is 13.0. The Morgan fingerprint density at radius 1 is 1.38 bits per heavy atom. The number of benzene rings is 1. The van der Waals surface area contributed by atoms with Crippen molar-refractivity contribution >= 4 is 34.0 Å². The zero-order chi connectivity index (χ0) is 14.8. The van der Waals surface area contributed by atoms with Crippen LogP contribution >= 0.6 is 24.0 Å². The van der Waals surface area contributed by atoms with Crippen molar-refractivity contribution < 1.29 is 12.8 Å². The molecule has 0 bridgehead atoms. The largest absolute Gasteiger partial charge is 0.330 e. The molecule has 2 rings (SSSR count). The van der Waals surface area contributed by atoms with Crippen LogP contribution in [0.3, 0.4) is 0 Å². The van der Waals surface area contributed by atoms with E-state index >= 15 is 0 Å². The maximum atomic E-state index is 13.0. The highest BCUT2D eigenvalue weighted by Crippen LogP contribution is 2.26. The van der Waals surface area contributed by atoms with Gasteiger partial charge < -0.3 is 5.73 Å². The Kier molecular flexibility index (Phi) is 6.87. The normalized spacial score (nSPS) is 22.0. The van der Waals surface area contributed by atoms with Gasteiger partial charge in [0.05, 0.1) is 10.8 Å². The number of hydrogen-bond acceptors (Lipinski definition) is 3. The van der Waals surface area contributed by atoms with Crippen LogP contribution in [0.4, 0.5) is 4.39 Å². The molecule has 120 valence electrons. The summed E-state index contributed by atoms with van der Waals surface area (Å²) in [6.07, 6.45) is 2.74. The maximum Gasteiger partial charge on any atom is 0.216 e. The monoisotopic (exact) mass is 356 g/mol. The highest BCUT2D eigenvalue weighted by molar-refractivity contribution is 7.88. The SMILES string of the molecule is Cl.NCC1CCCC1NS(=O)(=O)Cc1ccc(F)c(Cl)c1. The smallest absolute Gasteiger partial charge is 0.216 e. The highest BCUT2D eigenvalue weighted by Gasteiger charge is 2.29. The minimum atomic E-state index is -3.48. The lowest BCUT2D eigenvalue weighted by Gasteiger charge is -2.19. The van der Waals surface area contributed by atoms with Crippen LogP contribution in [0.1, 0.15) is 24.8 Å². The van der Waals surface area contributed by atoms with Gasteiger partial charge in [-0.05, 0) is 43.0 Å². The van der Waals surface area contributed by atoms with Gasteiger partial charge in [0.15, 0.2) is 0 Å². The van der Waals surface area contributed by atoms with Crippen LogP contribution in [-0.2, 0) is 15.8 Å². The summed E-state index contributed by atoms with van der Waals surface area (Å²) in [7, 11) is -3.48. The lowest BCUT2D eigenvalue weighted by Crippen LogP contribution is -2.40. The Bertz CT molecular complexity index is 584. The number of rotatable bonds is 5. The summed E-state index contributed by atoms with van der Waals surface area (Å²) in [4.78, 5) is 0. The van der Waals surface area contributed by atoms with Crippen molar-refractivity contribution in [3.05, 3.63) is 34.6 Å². The second kappa shape index (κ2) is 7.74. The summed E-state index contributed by atoms with van der Waals surface area (Å²) < 4.78 is 40.0. The summed E-state index contributed by atoms with van der Waals surface area (Å²) in [5.74, 6) is -0.567. The highest BCUT2D eigenvalue weighted by atomic mass is 35.5. The number of nitrogens with one attached hydrogen (secondary N) is 1. The van der Waals surface area contributed by atoms with E-state index in [2.05, 4.69) is 4.72 Å². The summed E-state index contributed by atoms with van der Waals surface area (Å²) >= 11 is 5.65. The van der Waals surface area contributed by atoms with Gasteiger partial charge in [-0.25, -0.2) is 17.5 Å². The van der Waals surface area contributed by atoms with Gasteiger partial charge in [0.25, 0.3) is 0 Å². The second-order valence-electron chi connectivity index (χ2n) is 5.16. The Morgan fingerprint density at radius 3 is 2.71 bits per heavy atom. The standard InChI is InChI=1S/C13H18ClFN2O2S.ClH/c14-11-6-9(4-5-12(11)15)8-20(18,19)17-13-3-1-2-10(13)7-16;/h4-6,10,13,17H,1-3,7-8,16H2;1H. The third kappa shape index (κ3) is 5.07. The molecule has 2 unspecified atom stereocenters. The van der Waals surface area contributed by atoms with Crippen molar-refractivity contribution in [2.24, 2.45) is 11.7 Å². The quantitative estimate of drug-likeness (QED) is 0.850. The van der Waals surface area contributed by atoms with Gasteiger partial charge in [-0.2, -0.15) is 0 Å². The zero-order valence-corrected chi connectivity index (χ0v) is 13.8. The van der Waals surface area contributed by atoms with E-state index in [9.17, 15) is 12.8 Å². The summed E-state index contributed by atoms with van der Waals surface area (Å²) in [6, 6.07) is 3.84. The van der Waals surface area contributed by atoms with E-state index in [-0.39, 0.29) is 35.1 Å². The van der Waals surface area contributed by atoms with E-state index in [1.165, 1.54) is 18.2 Å². The van der Waals surface area contributed by atoms with Gasteiger partial charge in [0.1, 0.15) is 5.82 Å². The van der Waals surface area contributed by atoms with Crippen LogP contribution in [0, 0.1) is 11.7 Å². The molecule has 1 aromatic rings. The van der Waals surface area contributed by atoms with E-state index in [0.717, 1.165) is 19.3 Å². The first kappa shape index (κ1) is 18.6. The summed E-state index contributed by atoms with van der Waals surface area (Å²) in [5, 5.41) is -0.0709. The minimum Gasteiger partial charge on any atom is -0.330 e. The van der Waals surface area contributed by atoms with Crippen LogP contribution in [-0.4, -0.2) is 21.0 Å². The molecule has 1 saturated carbocycles. The number of nitrogens with two attached hydrogens (primary N) is 1. The summed E-state index contributed by atoms with van der Waals surface area (Å²) in [6.45, 7) is 0.482. The molecule has 1 aliphatic carbocycles. The Morgan fingerprint density at radius 2 is 2.10 bits per heavy atom. The topological polar surface area (TPSA) is 72.2 Å². The van der Waals surface area contributed by atoms with Crippen LogP contribution in [0.5, 0.6) is 0 Å². The van der Waals surface area contributed by atoms with Crippen LogP contribution in [0.25, 0.3) is 0 Å². The Labute approximate surface area is 135 Å². The second-order valence-corrected chi connectivity index (χ2v) is 7.32. The minimum absolute atomic E-state index is 0. The third-order valence-electron chi connectivity index (χ3n) is 3.63. The van der Waals surface area contributed by atoms with Crippen molar-refractivity contribution in [1.82, 2.24) is 4.72 Å². The van der Waals surface area contributed by atoms with Gasteiger partial charge in [-0.1, -0.05) is 24.1 Å². The molecule has 0 aromatic heterocycles. The molecule has 4 nitrogen and oxygen atoms in total. The molecule has 0 amide bonds. The van der Waals surface area contributed by atoms with Gasteiger partial charge in [-0.3, -0.25) is 0 Å². The first-order valence-electron chi connectivity index (χ1n) is 6.55. The lowest BCUT2D eigenvalue weighted by molar-refractivity contribution is 0.452. The van der Waals surface area contributed by atoms with E-state index in [1.807, 2.05) is 0 Å². The van der Waals surface area contributed by atoms with E-state index in [0.29, 0.717) is 12.1 Å². The molecule has 2 atom stereocenters. The number of halogens is 3. The van der Waals surface area contributed by atoms with Gasteiger partial charge in [-0.15, -0.1) is 12.4 Å². The average Bonchev–Trinajstić information content (AvgIpc) is 2.80. The van der Waals surface area contributed by atoms with Gasteiger partial charge in [0, 0.05) is 6.04 Å². The molecular weight excluding hydrogens is 338 g/mol. The van der Waals surface area contributed by atoms with Crippen LogP contribution in [0.15, 0.2) is 18.2 Å². The number of sulfonamides is 1. The van der Waals surface area contributed by atoms with Crippen LogP contribution in [0.2, 0.25) is 5.02 Å². The van der Waals surface area contributed by atoms with E-state index in [4.69, 9.17) is 17.3 Å². The Hall–Kier alpha value is -0.400. The van der Waals surface area contributed by atoms with Crippen LogP contribution < -0.4 is 10.5 Å². The van der Waals surface area contributed by atoms with Gasteiger partial charge >= 0.3 is 0 Å². The van der Waals surface area contributed by atoms with Crippen molar-refractivity contribution in [1.29, 1.82) is 0 Å². The summed E-state index contributed by atoms with van der Waals surface area (Å²) in [5.41, 5.74) is 6.10. The molecule has 21 heavy (non-hydrogen) atoms. The molecule has 8 heteroatoms. The van der Waals surface area contributed by atoms with Crippen molar-refractivity contribution in [3.8, 4) is 0 Å². The van der Waals surface area contributed by atoms with Crippen molar-refractivity contribution in [2.45, 2.75) is 31.1 Å². The van der Waals surface area contributed by atoms with Crippen molar-refractivity contribution in [3.63, 3.8) is 0 Å². The molecule has 0 spiro atoms. The molecule has 1 aromatic carbocycles. The molecule has 1 fully saturated rings. The molecular formula is C13H19Cl2FN2O2S. The molecule has 0 aliphatic heterocycles. The zero-order valence-electron chi connectivity index (χ0n) is 11.4. The Balaban J connectivity index is 0.00000220. The lowest BCUT2D eigenvalue weighted by atomic mass is 10.1. The average molecular weight is 357 g/mol. The molecule has 0 heterocycles. The molecule has 0 saturated heterocycles. The third-order valence-corrected chi connectivity index (χ3v) is 5.30. The van der Waals surface area contributed by atoms with E-state index < -0.39 is 15.8 Å². The number of hydrogen-bond donors (Lipinski definition) is 2. The van der Waals surface area contributed by atoms with Crippen molar-refractivity contribution in [2.75, 3.05) is 6.54 Å². The molecule has 1 aliphatic rings. The fourth-order valence-electron chi connectivity index (χ4n) is 2.60. The fourth-order valence-corrected chi connectivity index (χ4v) is 4.27. The molecule has 0 radical (unpaired) electrons. The first-order valence-corrected chi connectivity index (χ1v) is 8.58. The van der Waals surface area contributed by atoms with Gasteiger partial charge in [0.2, 0.25) is 10.0 Å². The predicted molar refractivity (Wildman–Crippen MR) is 84.6 cm³/mol.